The van der Waals surface area contributed by atoms with Crippen molar-refractivity contribution in [3.63, 3.8) is 0 Å². The molecule has 1 N–H and O–H groups in total. The molecule has 3 unspecified atom stereocenters. The number of anilines is 2. The Morgan fingerprint density at radius 3 is 2.14 bits per heavy atom. The normalized spacial score (nSPS) is 23.1. The highest BCUT2D eigenvalue weighted by molar-refractivity contribution is 5.78. The summed E-state index contributed by atoms with van der Waals surface area (Å²) in [6, 6.07) is 26.2. The molecule has 3 aromatic carbocycles. The van der Waals surface area contributed by atoms with E-state index < -0.39 is 6.10 Å². The monoisotopic (exact) mass is 387 g/mol. The Hall–Kier alpha value is -2.82. The van der Waals surface area contributed by atoms with Gasteiger partial charge in [0.1, 0.15) is 6.10 Å². The summed E-state index contributed by atoms with van der Waals surface area (Å²) in [5.74, 6) is 1.65. The standard InChI is InChI=1S/C25H25NO3/c27-25-21(13-8-16-24(25)28-17-18-9-2-1-3-10-18)26-19-11-4-6-14-22(19)29-23-15-7-5-12-20(23)26/h1-7,9-12,14-15,21,24-25,27H,8,13,16-17H2. The molecule has 0 spiro atoms. The molecule has 0 radical (unpaired) electrons. The predicted octanol–water partition coefficient (Wildman–Crippen LogP) is 5.43. The fraction of sp³-hybridized carbons (Fsp3) is 0.280. The van der Waals surface area contributed by atoms with E-state index >= 15 is 0 Å². The van der Waals surface area contributed by atoms with Crippen molar-refractivity contribution >= 4 is 11.4 Å². The van der Waals surface area contributed by atoms with Crippen LogP contribution in [0.2, 0.25) is 0 Å². The minimum atomic E-state index is -0.577. The molecule has 0 bridgehead atoms. The summed E-state index contributed by atoms with van der Waals surface area (Å²) in [5, 5.41) is 11.3. The first kappa shape index (κ1) is 18.2. The molecule has 4 nitrogen and oxygen atoms in total. The number of hydrogen-bond donors (Lipinski definition) is 1. The van der Waals surface area contributed by atoms with E-state index in [1.54, 1.807) is 0 Å². The van der Waals surface area contributed by atoms with E-state index in [0.29, 0.717) is 6.61 Å². The molecule has 1 saturated carbocycles. The highest BCUT2D eigenvalue weighted by Gasteiger charge is 2.40. The molecule has 0 amide bonds. The Morgan fingerprint density at radius 2 is 1.45 bits per heavy atom. The Balaban J connectivity index is 1.43. The van der Waals surface area contributed by atoms with Crippen LogP contribution in [-0.4, -0.2) is 23.4 Å². The Kier molecular flexibility index (Phi) is 4.96. The van der Waals surface area contributed by atoms with Crippen molar-refractivity contribution < 1.29 is 14.6 Å². The fourth-order valence-corrected chi connectivity index (χ4v) is 4.45. The zero-order chi connectivity index (χ0) is 19.6. The van der Waals surface area contributed by atoms with Crippen molar-refractivity contribution in [1.29, 1.82) is 0 Å². The number of para-hydroxylation sites is 4. The van der Waals surface area contributed by atoms with E-state index in [9.17, 15) is 5.11 Å². The minimum Gasteiger partial charge on any atom is -0.453 e. The van der Waals surface area contributed by atoms with Gasteiger partial charge in [-0.25, -0.2) is 0 Å². The van der Waals surface area contributed by atoms with Crippen LogP contribution in [-0.2, 0) is 11.3 Å². The van der Waals surface area contributed by atoms with E-state index in [0.717, 1.165) is 47.7 Å². The number of aliphatic hydroxyl groups is 1. The number of rotatable bonds is 4. The molecule has 3 atom stereocenters. The number of aliphatic hydroxyl groups excluding tert-OH is 1. The van der Waals surface area contributed by atoms with Gasteiger partial charge < -0.3 is 19.5 Å². The molecule has 1 aliphatic heterocycles. The number of nitrogens with zero attached hydrogens (tertiary/aromatic N) is 1. The van der Waals surface area contributed by atoms with Crippen molar-refractivity contribution in [2.45, 2.75) is 44.1 Å². The molecule has 148 valence electrons. The van der Waals surface area contributed by atoms with Gasteiger partial charge in [0.2, 0.25) is 0 Å². The summed E-state index contributed by atoms with van der Waals surface area (Å²) in [5.41, 5.74) is 3.13. The molecule has 3 aromatic rings. The summed E-state index contributed by atoms with van der Waals surface area (Å²) < 4.78 is 12.3. The second kappa shape index (κ2) is 7.90. The van der Waals surface area contributed by atoms with Crippen LogP contribution < -0.4 is 9.64 Å². The summed E-state index contributed by atoms with van der Waals surface area (Å²) in [6.45, 7) is 0.519. The molecule has 1 fully saturated rings. The van der Waals surface area contributed by atoms with E-state index in [1.807, 2.05) is 54.6 Å². The lowest BCUT2D eigenvalue weighted by atomic mass is 9.87. The Labute approximate surface area is 171 Å². The van der Waals surface area contributed by atoms with Crippen molar-refractivity contribution in [1.82, 2.24) is 0 Å². The van der Waals surface area contributed by atoms with Gasteiger partial charge in [-0.05, 0) is 49.1 Å². The number of fused-ring (bicyclic) bond motifs is 2. The predicted molar refractivity (Wildman–Crippen MR) is 114 cm³/mol. The summed E-state index contributed by atoms with van der Waals surface area (Å²) in [4.78, 5) is 2.25. The van der Waals surface area contributed by atoms with Gasteiger partial charge in [0, 0.05) is 0 Å². The van der Waals surface area contributed by atoms with Crippen LogP contribution >= 0.6 is 0 Å². The van der Waals surface area contributed by atoms with Gasteiger partial charge in [0.05, 0.1) is 30.1 Å². The van der Waals surface area contributed by atoms with Crippen LogP contribution in [0.1, 0.15) is 24.8 Å². The first-order valence-corrected chi connectivity index (χ1v) is 10.3. The summed E-state index contributed by atoms with van der Waals surface area (Å²) in [6.07, 6.45) is 2.04. The van der Waals surface area contributed by atoms with Crippen LogP contribution in [0, 0.1) is 0 Å². The molecule has 1 heterocycles. The van der Waals surface area contributed by atoms with Gasteiger partial charge in [-0.1, -0.05) is 54.6 Å². The third-order valence-electron chi connectivity index (χ3n) is 5.87. The van der Waals surface area contributed by atoms with E-state index in [2.05, 4.69) is 29.2 Å². The average Bonchev–Trinajstić information content (AvgIpc) is 2.78. The van der Waals surface area contributed by atoms with Crippen LogP contribution in [0.25, 0.3) is 0 Å². The van der Waals surface area contributed by atoms with Crippen molar-refractivity contribution in [2.75, 3.05) is 4.90 Å². The van der Waals surface area contributed by atoms with Crippen LogP contribution in [0.4, 0.5) is 11.4 Å². The molecule has 29 heavy (non-hydrogen) atoms. The van der Waals surface area contributed by atoms with E-state index in [4.69, 9.17) is 9.47 Å². The number of hydrogen-bond acceptors (Lipinski definition) is 4. The summed E-state index contributed by atoms with van der Waals surface area (Å²) >= 11 is 0. The van der Waals surface area contributed by atoms with Crippen LogP contribution in [0.3, 0.4) is 0 Å². The smallest absolute Gasteiger partial charge is 0.151 e. The van der Waals surface area contributed by atoms with Crippen LogP contribution in [0.15, 0.2) is 78.9 Å². The van der Waals surface area contributed by atoms with Crippen LogP contribution in [0.5, 0.6) is 11.5 Å². The lowest BCUT2D eigenvalue weighted by molar-refractivity contribution is -0.0740. The third kappa shape index (κ3) is 3.50. The highest BCUT2D eigenvalue weighted by atomic mass is 16.5. The van der Waals surface area contributed by atoms with E-state index in [-0.39, 0.29) is 12.1 Å². The molecule has 5 rings (SSSR count). The first-order chi connectivity index (χ1) is 14.3. The lowest BCUT2D eigenvalue weighted by Crippen LogP contribution is -2.51. The van der Waals surface area contributed by atoms with Gasteiger partial charge in [0.15, 0.2) is 11.5 Å². The van der Waals surface area contributed by atoms with E-state index in [1.165, 1.54) is 0 Å². The van der Waals surface area contributed by atoms with Gasteiger partial charge in [-0.3, -0.25) is 0 Å². The maximum atomic E-state index is 11.3. The molecule has 1 aliphatic carbocycles. The van der Waals surface area contributed by atoms with Crippen molar-refractivity contribution in [2.24, 2.45) is 0 Å². The second-order valence-electron chi connectivity index (χ2n) is 7.73. The summed E-state index contributed by atoms with van der Waals surface area (Å²) in [7, 11) is 0. The van der Waals surface area contributed by atoms with Gasteiger partial charge in [-0.2, -0.15) is 0 Å². The first-order valence-electron chi connectivity index (χ1n) is 10.3. The second-order valence-corrected chi connectivity index (χ2v) is 7.73. The van der Waals surface area contributed by atoms with Gasteiger partial charge in [-0.15, -0.1) is 0 Å². The molecule has 0 aromatic heterocycles. The number of benzene rings is 3. The SMILES string of the molecule is OC1C(OCc2ccccc2)CCCC1N1c2ccccc2Oc2ccccc21. The largest absolute Gasteiger partial charge is 0.453 e. The quantitative estimate of drug-likeness (QED) is 0.648. The molecule has 2 aliphatic rings. The zero-order valence-electron chi connectivity index (χ0n) is 16.3. The molecule has 0 saturated heterocycles. The highest BCUT2D eigenvalue weighted by Crippen LogP contribution is 2.49. The molecular weight excluding hydrogens is 362 g/mol. The topological polar surface area (TPSA) is 41.9 Å². The third-order valence-corrected chi connectivity index (χ3v) is 5.87. The van der Waals surface area contributed by atoms with Crippen molar-refractivity contribution in [3.8, 4) is 11.5 Å². The minimum absolute atomic E-state index is 0.0595. The Bertz CT molecular complexity index is 929. The lowest BCUT2D eigenvalue weighted by Gasteiger charge is -2.44. The zero-order valence-corrected chi connectivity index (χ0v) is 16.3. The maximum Gasteiger partial charge on any atom is 0.151 e. The average molecular weight is 387 g/mol. The van der Waals surface area contributed by atoms with Gasteiger partial charge >= 0.3 is 0 Å². The number of ether oxygens (including phenoxy) is 2. The Morgan fingerprint density at radius 1 is 0.828 bits per heavy atom. The fourth-order valence-electron chi connectivity index (χ4n) is 4.45. The molecule has 4 heteroatoms. The maximum absolute atomic E-state index is 11.3. The van der Waals surface area contributed by atoms with Crippen molar-refractivity contribution in [3.05, 3.63) is 84.4 Å². The van der Waals surface area contributed by atoms with Gasteiger partial charge in [0.25, 0.3) is 0 Å². The molecular formula is C25H25NO3.